The van der Waals surface area contributed by atoms with Crippen LogP contribution in [-0.4, -0.2) is 17.5 Å². The Morgan fingerprint density at radius 2 is 2.27 bits per heavy atom. The molecule has 2 N–H and O–H groups in total. The van der Waals surface area contributed by atoms with Crippen molar-refractivity contribution in [1.29, 1.82) is 0 Å². The van der Waals surface area contributed by atoms with Crippen molar-refractivity contribution < 1.29 is 14.0 Å². The molecule has 0 aliphatic rings. The van der Waals surface area contributed by atoms with Gasteiger partial charge in [-0.1, -0.05) is 0 Å². The number of nitrogens with one attached hydrogen (secondary N) is 1. The Morgan fingerprint density at radius 3 is 2.64 bits per heavy atom. The maximum Gasteiger partial charge on any atom is 0.401 e. The molecule has 0 aliphatic heterocycles. The van der Waals surface area contributed by atoms with Crippen LogP contribution in [0.3, 0.4) is 0 Å². The SMILES string of the molecule is CCOP(=O)(O)SNC(C)C. The Bertz CT molecular complexity index is 153. The first-order chi connectivity index (χ1) is 4.98. The van der Waals surface area contributed by atoms with Gasteiger partial charge in [-0.2, -0.15) is 0 Å². The Hall–Kier alpha value is 0.460. The second-order valence-electron chi connectivity index (χ2n) is 2.25. The molecule has 0 bridgehead atoms. The fourth-order valence-electron chi connectivity index (χ4n) is 0.362. The van der Waals surface area contributed by atoms with Crippen molar-refractivity contribution in [1.82, 2.24) is 4.72 Å². The highest BCUT2D eigenvalue weighted by molar-refractivity contribution is 8.53. The van der Waals surface area contributed by atoms with E-state index in [1.54, 1.807) is 6.92 Å². The molecule has 0 spiro atoms. The lowest BCUT2D eigenvalue weighted by Gasteiger charge is -2.11. The Balaban J connectivity index is 3.64. The van der Waals surface area contributed by atoms with Gasteiger partial charge < -0.3 is 9.42 Å². The summed E-state index contributed by atoms with van der Waals surface area (Å²) in [5.41, 5.74) is 0. The summed E-state index contributed by atoms with van der Waals surface area (Å²) in [5, 5.41) is 0. The predicted octanol–water partition coefficient (Wildman–Crippen LogP) is 1.77. The molecule has 0 saturated carbocycles. The molecular weight excluding hydrogens is 185 g/mol. The van der Waals surface area contributed by atoms with E-state index < -0.39 is 6.80 Å². The summed E-state index contributed by atoms with van der Waals surface area (Å²) in [6.07, 6.45) is 0. The summed E-state index contributed by atoms with van der Waals surface area (Å²) < 4.78 is 18.3. The van der Waals surface area contributed by atoms with Gasteiger partial charge in [0.05, 0.1) is 6.61 Å². The van der Waals surface area contributed by atoms with Crippen molar-refractivity contribution in [2.45, 2.75) is 26.8 Å². The van der Waals surface area contributed by atoms with Crippen LogP contribution in [0, 0.1) is 0 Å². The van der Waals surface area contributed by atoms with E-state index in [-0.39, 0.29) is 12.6 Å². The van der Waals surface area contributed by atoms with E-state index in [0.29, 0.717) is 0 Å². The van der Waals surface area contributed by atoms with E-state index in [0.717, 1.165) is 11.6 Å². The topological polar surface area (TPSA) is 58.6 Å². The van der Waals surface area contributed by atoms with Gasteiger partial charge in [0.15, 0.2) is 0 Å². The first-order valence-corrected chi connectivity index (χ1v) is 6.39. The normalized spacial score (nSPS) is 16.8. The lowest BCUT2D eigenvalue weighted by Crippen LogP contribution is -2.13. The first-order valence-electron chi connectivity index (χ1n) is 3.39. The minimum Gasteiger partial charge on any atom is -0.316 e. The molecule has 0 aromatic heterocycles. The second-order valence-corrected chi connectivity index (χ2v) is 5.80. The van der Waals surface area contributed by atoms with Gasteiger partial charge in [0.25, 0.3) is 0 Å². The summed E-state index contributed by atoms with van der Waals surface area (Å²) in [4.78, 5) is 9.00. The van der Waals surface area contributed by atoms with Crippen LogP contribution in [0.2, 0.25) is 0 Å². The third kappa shape index (κ3) is 6.84. The van der Waals surface area contributed by atoms with Crippen LogP contribution in [0.1, 0.15) is 20.8 Å². The molecule has 0 heterocycles. The second kappa shape index (κ2) is 5.17. The number of hydrogen-bond donors (Lipinski definition) is 2. The van der Waals surface area contributed by atoms with Crippen molar-refractivity contribution in [2.24, 2.45) is 0 Å². The van der Waals surface area contributed by atoms with Gasteiger partial charge in [-0.05, 0) is 20.8 Å². The van der Waals surface area contributed by atoms with E-state index >= 15 is 0 Å². The van der Waals surface area contributed by atoms with Crippen molar-refractivity contribution in [2.75, 3.05) is 6.61 Å². The molecular formula is C5H14NO3PS. The maximum atomic E-state index is 11.0. The Morgan fingerprint density at radius 1 is 1.73 bits per heavy atom. The van der Waals surface area contributed by atoms with Gasteiger partial charge in [-0.3, -0.25) is 4.72 Å². The highest BCUT2D eigenvalue weighted by atomic mass is 32.7. The van der Waals surface area contributed by atoms with E-state index in [4.69, 9.17) is 4.89 Å². The third-order valence-electron chi connectivity index (χ3n) is 0.696. The van der Waals surface area contributed by atoms with Crippen molar-refractivity contribution in [3.8, 4) is 0 Å². The first kappa shape index (κ1) is 11.5. The van der Waals surface area contributed by atoms with Gasteiger partial charge in [-0.15, -0.1) is 0 Å². The standard InChI is InChI=1S/C5H14NO3PS/c1-4-9-10(7,8)11-6-5(2)3/h5-6H,4H2,1-3H3,(H,7,8). The van der Waals surface area contributed by atoms with Crippen LogP contribution in [0.5, 0.6) is 0 Å². The Kier molecular flexibility index (Phi) is 5.38. The van der Waals surface area contributed by atoms with E-state index in [2.05, 4.69) is 9.25 Å². The van der Waals surface area contributed by atoms with Crippen molar-refractivity contribution in [3.63, 3.8) is 0 Å². The van der Waals surface area contributed by atoms with Crippen LogP contribution in [0.4, 0.5) is 0 Å². The minimum atomic E-state index is -3.44. The molecule has 0 aliphatic carbocycles. The average molecular weight is 199 g/mol. The summed E-state index contributed by atoms with van der Waals surface area (Å²) in [6.45, 7) is 2.26. The summed E-state index contributed by atoms with van der Waals surface area (Å²) in [6, 6.07) is 0.168. The van der Waals surface area contributed by atoms with Gasteiger partial charge in [0.2, 0.25) is 0 Å². The molecule has 0 fully saturated rings. The quantitative estimate of drug-likeness (QED) is 0.522. The number of hydrogen-bond acceptors (Lipinski definition) is 4. The van der Waals surface area contributed by atoms with Gasteiger partial charge in [0.1, 0.15) is 0 Å². The smallest absolute Gasteiger partial charge is 0.316 e. The molecule has 0 aromatic rings. The monoisotopic (exact) mass is 199 g/mol. The van der Waals surface area contributed by atoms with Crippen molar-refractivity contribution in [3.05, 3.63) is 0 Å². The molecule has 6 heteroatoms. The van der Waals surface area contributed by atoms with Crippen LogP contribution >= 0.6 is 18.4 Å². The molecule has 1 atom stereocenters. The van der Waals surface area contributed by atoms with Gasteiger partial charge in [-0.25, -0.2) is 4.57 Å². The van der Waals surface area contributed by atoms with Crippen LogP contribution in [-0.2, 0) is 9.09 Å². The zero-order valence-electron chi connectivity index (χ0n) is 6.90. The average Bonchev–Trinajstić information content (AvgIpc) is 1.84. The molecule has 1 unspecified atom stereocenters. The summed E-state index contributed by atoms with van der Waals surface area (Å²) in [7, 11) is 0. The van der Waals surface area contributed by atoms with Gasteiger partial charge in [0, 0.05) is 17.6 Å². The third-order valence-corrected chi connectivity index (χ3v) is 3.41. The Labute approximate surface area is 71.1 Å². The largest absolute Gasteiger partial charge is 0.401 e. The van der Waals surface area contributed by atoms with Crippen LogP contribution < -0.4 is 4.72 Å². The molecule has 0 radical (unpaired) electrons. The summed E-state index contributed by atoms with van der Waals surface area (Å²) in [5.74, 6) is 0. The van der Waals surface area contributed by atoms with Crippen LogP contribution in [0.15, 0.2) is 0 Å². The maximum absolute atomic E-state index is 11.0. The highest BCUT2D eigenvalue weighted by Gasteiger charge is 2.19. The van der Waals surface area contributed by atoms with E-state index in [1.807, 2.05) is 13.8 Å². The zero-order chi connectivity index (χ0) is 8.91. The lowest BCUT2D eigenvalue weighted by atomic mass is 10.4. The summed E-state index contributed by atoms with van der Waals surface area (Å²) >= 11 is 0.750. The molecule has 4 nitrogen and oxygen atoms in total. The van der Waals surface area contributed by atoms with E-state index in [9.17, 15) is 4.57 Å². The van der Waals surface area contributed by atoms with E-state index in [1.165, 1.54) is 0 Å². The fourth-order valence-corrected chi connectivity index (χ4v) is 2.59. The lowest BCUT2D eigenvalue weighted by molar-refractivity contribution is 0.291. The molecule has 0 rings (SSSR count). The zero-order valence-corrected chi connectivity index (χ0v) is 8.61. The molecule has 11 heavy (non-hydrogen) atoms. The molecule has 0 saturated heterocycles. The highest BCUT2D eigenvalue weighted by Crippen LogP contribution is 2.53. The predicted molar refractivity (Wildman–Crippen MR) is 47.3 cm³/mol. The van der Waals surface area contributed by atoms with Crippen molar-refractivity contribution >= 4 is 18.4 Å². The molecule has 0 amide bonds. The minimum absolute atomic E-state index is 0.168. The van der Waals surface area contributed by atoms with Crippen LogP contribution in [0.25, 0.3) is 0 Å². The molecule has 68 valence electrons. The number of rotatable bonds is 5. The molecule has 0 aromatic carbocycles. The van der Waals surface area contributed by atoms with Gasteiger partial charge >= 0.3 is 6.80 Å². The fraction of sp³-hybridized carbons (Fsp3) is 1.00.